The van der Waals surface area contributed by atoms with Gasteiger partial charge in [-0.2, -0.15) is 0 Å². The SMILES string of the molecule is O=C1CCCC(c2ccc(OCc3ccccc3)cc2OCc2ccccc2)C1. The lowest BCUT2D eigenvalue weighted by atomic mass is 9.83. The van der Waals surface area contributed by atoms with Crippen molar-refractivity contribution in [3.8, 4) is 11.5 Å². The number of benzene rings is 3. The predicted molar refractivity (Wildman–Crippen MR) is 114 cm³/mol. The largest absolute Gasteiger partial charge is 0.489 e. The number of hydrogen-bond donors (Lipinski definition) is 0. The Morgan fingerprint density at radius 2 is 1.45 bits per heavy atom. The van der Waals surface area contributed by atoms with Crippen molar-refractivity contribution in [2.75, 3.05) is 0 Å². The van der Waals surface area contributed by atoms with E-state index in [1.807, 2.05) is 48.5 Å². The first-order valence-corrected chi connectivity index (χ1v) is 10.3. The van der Waals surface area contributed by atoms with Crippen molar-refractivity contribution >= 4 is 5.78 Å². The van der Waals surface area contributed by atoms with Crippen molar-refractivity contribution in [3.05, 3.63) is 95.6 Å². The second-order valence-electron chi connectivity index (χ2n) is 7.58. The molecular formula is C26H26O3. The highest BCUT2D eigenvalue weighted by Gasteiger charge is 2.24. The molecule has 3 aromatic carbocycles. The fourth-order valence-corrected chi connectivity index (χ4v) is 3.83. The Morgan fingerprint density at radius 3 is 2.10 bits per heavy atom. The van der Waals surface area contributed by atoms with Gasteiger partial charge in [0.15, 0.2) is 0 Å². The molecule has 0 bridgehead atoms. The van der Waals surface area contributed by atoms with Gasteiger partial charge in [0, 0.05) is 18.9 Å². The maximum absolute atomic E-state index is 12.0. The lowest BCUT2D eigenvalue weighted by Crippen LogP contribution is -2.14. The van der Waals surface area contributed by atoms with Gasteiger partial charge in [0.2, 0.25) is 0 Å². The van der Waals surface area contributed by atoms with Crippen molar-refractivity contribution in [2.24, 2.45) is 0 Å². The minimum atomic E-state index is 0.227. The zero-order valence-electron chi connectivity index (χ0n) is 16.6. The van der Waals surface area contributed by atoms with E-state index in [0.29, 0.717) is 31.8 Å². The number of carbonyl (C=O) groups excluding carboxylic acids is 1. The van der Waals surface area contributed by atoms with E-state index >= 15 is 0 Å². The highest BCUT2D eigenvalue weighted by molar-refractivity contribution is 5.80. The van der Waals surface area contributed by atoms with Gasteiger partial charge in [0.1, 0.15) is 30.5 Å². The second kappa shape index (κ2) is 9.42. The first-order chi connectivity index (χ1) is 14.3. The van der Waals surface area contributed by atoms with Gasteiger partial charge < -0.3 is 9.47 Å². The number of carbonyl (C=O) groups is 1. The van der Waals surface area contributed by atoms with Gasteiger partial charge in [-0.3, -0.25) is 4.79 Å². The molecule has 1 unspecified atom stereocenters. The molecular weight excluding hydrogens is 360 g/mol. The highest BCUT2D eigenvalue weighted by Crippen LogP contribution is 2.38. The normalized spacial score (nSPS) is 16.4. The minimum Gasteiger partial charge on any atom is -0.489 e. The lowest BCUT2D eigenvalue weighted by Gasteiger charge is -2.24. The monoisotopic (exact) mass is 386 g/mol. The summed E-state index contributed by atoms with van der Waals surface area (Å²) < 4.78 is 12.2. The molecule has 0 aromatic heterocycles. The van der Waals surface area contributed by atoms with Gasteiger partial charge in [-0.05, 0) is 41.5 Å². The summed E-state index contributed by atoms with van der Waals surface area (Å²) in [7, 11) is 0. The zero-order valence-corrected chi connectivity index (χ0v) is 16.6. The van der Waals surface area contributed by atoms with E-state index in [0.717, 1.165) is 41.0 Å². The van der Waals surface area contributed by atoms with Crippen LogP contribution in [0, 0.1) is 0 Å². The Bertz CT molecular complexity index is 935. The summed E-state index contributed by atoms with van der Waals surface area (Å²) in [6, 6.07) is 26.3. The summed E-state index contributed by atoms with van der Waals surface area (Å²) in [6.07, 6.45) is 3.28. The third-order valence-corrected chi connectivity index (χ3v) is 5.39. The van der Waals surface area contributed by atoms with Crippen molar-refractivity contribution in [3.63, 3.8) is 0 Å². The molecule has 0 spiro atoms. The van der Waals surface area contributed by atoms with Gasteiger partial charge in [-0.1, -0.05) is 66.7 Å². The summed E-state index contributed by atoms with van der Waals surface area (Å²) in [5, 5.41) is 0. The Hall–Kier alpha value is -3.07. The predicted octanol–water partition coefficient (Wildman–Crippen LogP) is 6.07. The molecule has 0 N–H and O–H groups in total. The van der Waals surface area contributed by atoms with E-state index in [4.69, 9.17) is 9.47 Å². The summed E-state index contributed by atoms with van der Waals surface area (Å²) in [5.41, 5.74) is 3.36. The van der Waals surface area contributed by atoms with E-state index in [9.17, 15) is 4.79 Å². The molecule has 0 saturated heterocycles. The lowest BCUT2D eigenvalue weighted by molar-refractivity contribution is -0.120. The van der Waals surface area contributed by atoms with E-state index in [1.54, 1.807) is 0 Å². The molecule has 1 aliphatic carbocycles. The summed E-state index contributed by atoms with van der Waals surface area (Å²) >= 11 is 0. The molecule has 1 saturated carbocycles. The van der Waals surface area contributed by atoms with Crippen LogP contribution in [0.4, 0.5) is 0 Å². The van der Waals surface area contributed by atoms with Crippen molar-refractivity contribution in [1.82, 2.24) is 0 Å². The van der Waals surface area contributed by atoms with Crippen LogP contribution >= 0.6 is 0 Å². The molecule has 3 aromatic rings. The van der Waals surface area contributed by atoms with Crippen LogP contribution in [0.1, 0.15) is 48.3 Å². The summed E-state index contributed by atoms with van der Waals surface area (Å²) in [4.78, 5) is 12.0. The quantitative estimate of drug-likeness (QED) is 0.494. The van der Waals surface area contributed by atoms with Crippen LogP contribution in [-0.4, -0.2) is 5.78 Å². The van der Waals surface area contributed by atoms with Gasteiger partial charge in [-0.15, -0.1) is 0 Å². The van der Waals surface area contributed by atoms with Gasteiger partial charge in [0.05, 0.1) is 0 Å². The fraction of sp³-hybridized carbons (Fsp3) is 0.269. The Balaban J connectivity index is 1.53. The topological polar surface area (TPSA) is 35.5 Å². The van der Waals surface area contributed by atoms with Crippen LogP contribution in [0.15, 0.2) is 78.9 Å². The molecule has 0 heterocycles. The average molecular weight is 386 g/mol. The minimum absolute atomic E-state index is 0.227. The Kier molecular flexibility index (Phi) is 6.25. The van der Waals surface area contributed by atoms with Crippen LogP contribution in [-0.2, 0) is 18.0 Å². The molecule has 0 radical (unpaired) electrons. The number of rotatable bonds is 7. The third kappa shape index (κ3) is 5.26. The highest BCUT2D eigenvalue weighted by atomic mass is 16.5. The van der Waals surface area contributed by atoms with Crippen molar-refractivity contribution in [2.45, 2.75) is 44.8 Å². The number of ketones is 1. The van der Waals surface area contributed by atoms with E-state index in [-0.39, 0.29) is 5.92 Å². The molecule has 3 nitrogen and oxygen atoms in total. The standard InChI is InChI=1S/C26H26O3/c27-23-13-7-12-22(16-23)25-15-14-24(28-18-20-8-3-1-4-9-20)17-26(25)29-19-21-10-5-2-6-11-21/h1-6,8-11,14-15,17,22H,7,12-13,16,18-19H2. The van der Waals surface area contributed by atoms with Gasteiger partial charge in [-0.25, -0.2) is 0 Å². The van der Waals surface area contributed by atoms with E-state index in [1.165, 1.54) is 0 Å². The molecule has 1 aliphatic rings. The third-order valence-electron chi connectivity index (χ3n) is 5.39. The van der Waals surface area contributed by atoms with Crippen LogP contribution < -0.4 is 9.47 Å². The molecule has 4 rings (SSSR count). The number of hydrogen-bond acceptors (Lipinski definition) is 3. The summed E-state index contributed by atoms with van der Waals surface area (Å²) in [6.45, 7) is 1.01. The van der Waals surface area contributed by atoms with Crippen molar-refractivity contribution in [1.29, 1.82) is 0 Å². The number of Topliss-reactive ketones (excluding diaryl/α,β-unsaturated/α-hetero) is 1. The first-order valence-electron chi connectivity index (χ1n) is 10.3. The molecule has 0 aliphatic heterocycles. The Morgan fingerprint density at radius 1 is 0.793 bits per heavy atom. The van der Waals surface area contributed by atoms with Crippen LogP contribution in [0.3, 0.4) is 0 Å². The smallest absolute Gasteiger partial charge is 0.133 e. The van der Waals surface area contributed by atoms with E-state index in [2.05, 4.69) is 30.3 Å². The zero-order chi connectivity index (χ0) is 19.9. The first kappa shape index (κ1) is 19.3. The fourth-order valence-electron chi connectivity index (χ4n) is 3.83. The van der Waals surface area contributed by atoms with Gasteiger partial charge >= 0.3 is 0 Å². The molecule has 148 valence electrons. The molecule has 29 heavy (non-hydrogen) atoms. The Labute approximate surface area is 172 Å². The maximum atomic E-state index is 12.0. The van der Waals surface area contributed by atoms with Crippen LogP contribution in [0.5, 0.6) is 11.5 Å². The molecule has 1 atom stereocenters. The van der Waals surface area contributed by atoms with Crippen LogP contribution in [0.2, 0.25) is 0 Å². The van der Waals surface area contributed by atoms with E-state index < -0.39 is 0 Å². The van der Waals surface area contributed by atoms with Gasteiger partial charge in [0.25, 0.3) is 0 Å². The van der Waals surface area contributed by atoms with Crippen LogP contribution in [0.25, 0.3) is 0 Å². The second-order valence-corrected chi connectivity index (χ2v) is 7.58. The number of ether oxygens (including phenoxy) is 2. The summed E-state index contributed by atoms with van der Waals surface area (Å²) in [5.74, 6) is 2.17. The molecule has 3 heteroatoms. The molecule has 1 fully saturated rings. The van der Waals surface area contributed by atoms with Crippen molar-refractivity contribution < 1.29 is 14.3 Å². The molecule has 0 amide bonds. The maximum Gasteiger partial charge on any atom is 0.133 e. The average Bonchev–Trinajstić information content (AvgIpc) is 2.78.